The first kappa shape index (κ1) is 30.3. The van der Waals surface area contributed by atoms with Gasteiger partial charge in [-0.05, 0) is 37.5 Å². The molecule has 0 spiro atoms. The number of hydrogen-bond donors (Lipinski definition) is 2. The van der Waals surface area contributed by atoms with Gasteiger partial charge in [-0.1, -0.05) is 0 Å². The number of alkyl halides is 8. The quantitative estimate of drug-likeness (QED) is 0.320. The summed E-state index contributed by atoms with van der Waals surface area (Å²) in [5.74, 6) is -5.40. The number of amides is 1. The highest BCUT2D eigenvalue weighted by molar-refractivity contribution is 7.10. The predicted molar refractivity (Wildman–Crippen MR) is 130 cm³/mol. The molecular weight excluding hydrogens is 590 g/mol. The maximum Gasteiger partial charge on any atom is 0.434 e. The van der Waals surface area contributed by atoms with Crippen molar-refractivity contribution in [3.63, 3.8) is 0 Å². The Morgan fingerprint density at radius 1 is 1.12 bits per heavy atom. The molecule has 1 amide bonds. The average Bonchev–Trinajstić information content (AvgIpc) is 3.22. The van der Waals surface area contributed by atoms with Gasteiger partial charge in [-0.25, -0.2) is 23.7 Å². The zero-order valence-corrected chi connectivity index (χ0v) is 21.8. The molecule has 3 aromatic heterocycles. The van der Waals surface area contributed by atoms with E-state index in [9.17, 15) is 39.9 Å². The third-order valence-electron chi connectivity index (χ3n) is 5.93. The Hall–Kier alpha value is -3.67. The Balaban J connectivity index is 1.33. The molecule has 0 aromatic carbocycles. The molecule has 1 unspecified atom stereocenters. The fraction of sp³-hybridized carbons (Fsp3) is 0.435. The lowest BCUT2D eigenvalue weighted by atomic mass is 9.93. The van der Waals surface area contributed by atoms with Crippen molar-refractivity contribution < 1.29 is 44.7 Å². The maximum atomic E-state index is 14.4. The van der Waals surface area contributed by atoms with Crippen LogP contribution in [0.25, 0.3) is 0 Å². The van der Waals surface area contributed by atoms with Crippen LogP contribution in [0.15, 0.2) is 30.7 Å². The molecule has 1 fully saturated rings. The van der Waals surface area contributed by atoms with Gasteiger partial charge >= 0.3 is 12.4 Å². The predicted octanol–water partition coefficient (Wildman–Crippen LogP) is 5.55. The smallest absolute Gasteiger partial charge is 0.434 e. The zero-order valence-electron chi connectivity index (χ0n) is 21.0. The van der Waals surface area contributed by atoms with Crippen LogP contribution in [0.1, 0.15) is 28.2 Å². The fourth-order valence-corrected chi connectivity index (χ4v) is 4.75. The third kappa shape index (κ3) is 7.96. The van der Waals surface area contributed by atoms with Gasteiger partial charge in [0.1, 0.15) is 10.8 Å². The van der Waals surface area contributed by atoms with Crippen LogP contribution in [0, 0.1) is 12.8 Å². The van der Waals surface area contributed by atoms with E-state index in [0.717, 1.165) is 17.7 Å². The molecule has 3 aromatic rings. The van der Waals surface area contributed by atoms with Gasteiger partial charge in [0.2, 0.25) is 5.88 Å². The van der Waals surface area contributed by atoms with Crippen LogP contribution >= 0.6 is 11.5 Å². The van der Waals surface area contributed by atoms with E-state index in [1.807, 2.05) is 0 Å². The number of nitrogens with zero attached hydrogens (tertiary/aromatic N) is 5. The number of halogens is 8. The summed E-state index contributed by atoms with van der Waals surface area (Å²) in [6, 6.07) is 2.72. The molecular formula is C23H21F8N7O2S. The van der Waals surface area contributed by atoms with Crippen molar-refractivity contribution in [1.29, 1.82) is 0 Å². The van der Waals surface area contributed by atoms with E-state index >= 15 is 0 Å². The summed E-state index contributed by atoms with van der Waals surface area (Å²) < 4.78 is 114. The molecule has 2 N–H and O–H groups in total. The highest BCUT2D eigenvalue weighted by Gasteiger charge is 2.47. The Kier molecular flexibility index (Phi) is 8.62. The van der Waals surface area contributed by atoms with Crippen molar-refractivity contribution in [2.45, 2.75) is 31.6 Å². The largest absolute Gasteiger partial charge is 0.477 e. The van der Waals surface area contributed by atoms with Gasteiger partial charge in [-0.3, -0.25) is 9.69 Å². The Labute approximate surface area is 231 Å². The molecule has 0 bridgehead atoms. The number of aromatic nitrogens is 4. The van der Waals surface area contributed by atoms with Gasteiger partial charge in [0, 0.05) is 6.07 Å². The number of pyridine rings is 1. The van der Waals surface area contributed by atoms with Gasteiger partial charge < -0.3 is 15.4 Å². The molecule has 0 radical (unpaired) electrons. The molecule has 0 aliphatic carbocycles. The van der Waals surface area contributed by atoms with Gasteiger partial charge in [0.05, 0.1) is 61.1 Å². The second-order valence-electron chi connectivity index (χ2n) is 9.10. The number of likely N-dealkylation sites (tertiary alicyclic amines) is 1. The van der Waals surface area contributed by atoms with E-state index < -0.39 is 55.5 Å². The van der Waals surface area contributed by atoms with Crippen LogP contribution in [-0.2, 0) is 6.18 Å². The highest BCUT2D eigenvalue weighted by Crippen LogP contribution is 2.35. The lowest BCUT2D eigenvalue weighted by molar-refractivity contribution is -0.176. The molecule has 1 saturated heterocycles. The van der Waals surface area contributed by atoms with Crippen molar-refractivity contribution in [3.8, 4) is 5.88 Å². The molecule has 1 atom stereocenters. The van der Waals surface area contributed by atoms with Crippen molar-refractivity contribution in [2.24, 2.45) is 5.92 Å². The van der Waals surface area contributed by atoms with Crippen LogP contribution in [-0.4, -0.2) is 68.5 Å². The van der Waals surface area contributed by atoms with E-state index in [0.29, 0.717) is 16.8 Å². The molecule has 222 valence electrons. The summed E-state index contributed by atoms with van der Waals surface area (Å²) in [6.07, 6.45) is -6.81. The summed E-state index contributed by atoms with van der Waals surface area (Å²) in [6.45, 7) is -1.51. The summed E-state index contributed by atoms with van der Waals surface area (Å²) in [5.41, 5.74) is -0.554. The summed E-state index contributed by atoms with van der Waals surface area (Å²) >= 11 is 0.877. The summed E-state index contributed by atoms with van der Waals surface area (Å²) in [7, 11) is 0. The summed E-state index contributed by atoms with van der Waals surface area (Å²) in [5, 5.41) is 5.49. The van der Waals surface area contributed by atoms with Gasteiger partial charge in [-0.15, -0.1) is 0 Å². The lowest BCUT2D eigenvalue weighted by Crippen LogP contribution is -2.52. The minimum Gasteiger partial charge on any atom is -0.477 e. The Morgan fingerprint density at radius 2 is 1.88 bits per heavy atom. The number of nitrogens with one attached hydrogen (secondary N) is 2. The van der Waals surface area contributed by atoms with Crippen LogP contribution in [0.4, 0.5) is 51.6 Å². The average molecular weight is 612 g/mol. The Morgan fingerprint density at radius 3 is 2.46 bits per heavy atom. The second-order valence-corrected chi connectivity index (χ2v) is 9.88. The van der Waals surface area contributed by atoms with Gasteiger partial charge in [0.25, 0.3) is 11.8 Å². The first-order chi connectivity index (χ1) is 19.1. The molecule has 4 rings (SSSR count). The molecule has 9 nitrogen and oxygen atoms in total. The number of rotatable bonds is 8. The summed E-state index contributed by atoms with van der Waals surface area (Å²) in [4.78, 5) is 24.5. The van der Waals surface area contributed by atoms with Gasteiger partial charge in [0.15, 0.2) is 5.69 Å². The molecule has 41 heavy (non-hydrogen) atoms. The van der Waals surface area contributed by atoms with E-state index in [1.165, 1.54) is 18.3 Å². The number of piperidine rings is 1. The molecule has 1 aliphatic rings. The molecule has 18 heteroatoms. The zero-order chi connectivity index (χ0) is 30.0. The van der Waals surface area contributed by atoms with E-state index in [2.05, 4.69) is 30.0 Å². The topological polar surface area (TPSA) is 105 Å². The minimum atomic E-state index is -4.66. The van der Waals surface area contributed by atoms with Crippen molar-refractivity contribution in [3.05, 3.63) is 47.7 Å². The number of ether oxygens (including phenoxy) is 1. The first-order valence-corrected chi connectivity index (χ1v) is 12.6. The number of aryl methyl sites for hydroxylation is 1. The monoisotopic (exact) mass is 611 g/mol. The fourth-order valence-electron chi connectivity index (χ4n) is 3.95. The molecule has 1 aliphatic heterocycles. The van der Waals surface area contributed by atoms with Crippen LogP contribution in [0.5, 0.6) is 5.88 Å². The van der Waals surface area contributed by atoms with E-state index in [-0.39, 0.29) is 40.9 Å². The van der Waals surface area contributed by atoms with E-state index in [1.54, 1.807) is 6.92 Å². The molecule has 4 heterocycles. The standard InChI is InChI=1S/C23H21F8N7O2S/c1-12-18(20(41-37-12)36-16-8-32-15(7-33-16)23(29,30)31)19(39)35-14-2-3-17(34-6-14)40-9-13-4-5-38(10-21(13,24)25)11-22(26,27)28/h2-3,6-8,13H,4-5,9-11H2,1H3,(H,33,36)(H,35,39). The third-order valence-corrected chi connectivity index (χ3v) is 6.78. The molecule has 0 saturated carbocycles. The Bertz CT molecular complexity index is 1350. The number of carbonyl (C=O) groups excluding carboxylic acids is 1. The van der Waals surface area contributed by atoms with Crippen LogP contribution < -0.4 is 15.4 Å². The second kappa shape index (κ2) is 11.7. The minimum absolute atomic E-state index is 0.0341. The normalized spacial score (nSPS) is 17.7. The number of carbonyl (C=O) groups is 1. The van der Waals surface area contributed by atoms with Crippen molar-refractivity contribution >= 4 is 33.9 Å². The number of hydrogen-bond acceptors (Lipinski definition) is 9. The van der Waals surface area contributed by atoms with Crippen LogP contribution in [0.3, 0.4) is 0 Å². The first-order valence-electron chi connectivity index (χ1n) is 11.8. The van der Waals surface area contributed by atoms with Crippen LogP contribution in [0.2, 0.25) is 0 Å². The van der Waals surface area contributed by atoms with Gasteiger partial charge in [-0.2, -0.15) is 30.7 Å². The SMILES string of the molecule is Cc1nsc(Nc2cnc(C(F)(F)F)cn2)c1C(=O)Nc1ccc(OCC2CCN(CC(F)(F)F)CC2(F)F)nc1. The lowest BCUT2D eigenvalue weighted by Gasteiger charge is -2.38. The van der Waals surface area contributed by atoms with E-state index in [4.69, 9.17) is 4.74 Å². The van der Waals surface area contributed by atoms with Crippen molar-refractivity contribution in [1.82, 2.24) is 24.2 Å². The van der Waals surface area contributed by atoms with Crippen molar-refractivity contribution in [2.75, 3.05) is 36.9 Å². The maximum absolute atomic E-state index is 14.4. The highest BCUT2D eigenvalue weighted by atomic mass is 32.1. The number of anilines is 3.